The molecule has 0 aromatic heterocycles. The van der Waals surface area contributed by atoms with E-state index in [4.69, 9.17) is 4.74 Å². The number of hydrogen-bond acceptors (Lipinski definition) is 2. The van der Waals surface area contributed by atoms with Crippen molar-refractivity contribution in [2.75, 3.05) is 0 Å². The van der Waals surface area contributed by atoms with Gasteiger partial charge in [0.15, 0.2) is 0 Å². The Labute approximate surface area is 122 Å². The summed E-state index contributed by atoms with van der Waals surface area (Å²) >= 11 is 0. The normalized spacial score (nSPS) is 55.1. The van der Waals surface area contributed by atoms with Gasteiger partial charge >= 0.3 is 0 Å². The zero-order valence-corrected chi connectivity index (χ0v) is 13.3. The topological polar surface area (TPSA) is 29.5 Å². The van der Waals surface area contributed by atoms with Crippen molar-refractivity contribution < 1.29 is 9.84 Å². The Morgan fingerprint density at radius 3 is 2.60 bits per heavy atom. The summed E-state index contributed by atoms with van der Waals surface area (Å²) in [5.74, 6) is 3.82. The highest BCUT2D eigenvalue weighted by Gasteiger charge is 2.72. The first-order valence-electron chi connectivity index (χ1n) is 8.38. The summed E-state index contributed by atoms with van der Waals surface area (Å²) < 4.78 is 6.01. The molecule has 4 rings (SSSR count). The van der Waals surface area contributed by atoms with Gasteiger partial charge in [-0.3, -0.25) is 0 Å². The minimum absolute atomic E-state index is 0.175. The molecule has 4 saturated carbocycles. The molecular formula is C18H28O2. The van der Waals surface area contributed by atoms with Crippen LogP contribution in [0.5, 0.6) is 0 Å². The van der Waals surface area contributed by atoms with E-state index in [1.165, 1.54) is 32.1 Å². The Balaban J connectivity index is 1.65. The van der Waals surface area contributed by atoms with Gasteiger partial charge in [-0.05, 0) is 75.0 Å². The van der Waals surface area contributed by atoms with Crippen LogP contribution in [-0.4, -0.2) is 11.2 Å². The van der Waals surface area contributed by atoms with Crippen molar-refractivity contribution >= 4 is 0 Å². The van der Waals surface area contributed by atoms with Crippen molar-refractivity contribution in [2.24, 2.45) is 34.5 Å². The van der Waals surface area contributed by atoms with Gasteiger partial charge in [-0.2, -0.15) is 0 Å². The van der Waals surface area contributed by atoms with Gasteiger partial charge in [0.05, 0.1) is 0 Å². The predicted octanol–water partition coefficient (Wildman–Crippen LogP) is 4.66. The van der Waals surface area contributed by atoms with Crippen LogP contribution in [0.4, 0.5) is 0 Å². The minimum Gasteiger partial charge on any atom is -0.481 e. The molecule has 2 heteroatoms. The minimum atomic E-state index is 0.175. The number of rotatable bonds is 2. The fourth-order valence-corrected chi connectivity index (χ4v) is 6.94. The Kier molecular flexibility index (Phi) is 2.44. The van der Waals surface area contributed by atoms with Crippen LogP contribution in [0.2, 0.25) is 0 Å². The van der Waals surface area contributed by atoms with Gasteiger partial charge in [0.2, 0.25) is 0 Å². The molecule has 7 atom stereocenters. The first-order valence-corrected chi connectivity index (χ1v) is 8.38. The predicted molar refractivity (Wildman–Crippen MR) is 79.1 cm³/mol. The number of hydrogen-bond donors (Lipinski definition) is 1. The molecule has 0 saturated heterocycles. The lowest BCUT2D eigenvalue weighted by Gasteiger charge is -2.48. The number of aliphatic hydroxyl groups is 1. The van der Waals surface area contributed by atoms with Crippen LogP contribution >= 0.6 is 0 Å². The molecule has 0 radical (unpaired) electrons. The first kappa shape index (κ1) is 13.0. The average Bonchev–Trinajstić information content (AvgIpc) is 3.04. The van der Waals surface area contributed by atoms with Crippen molar-refractivity contribution in [1.82, 2.24) is 0 Å². The van der Waals surface area contributed by atoms with Gasteiger partial charge in [-0.25, -0.2) is 0 Å². The van der Waals surface area contributed by atoms with E-state index in [0.717, 1.165) is 29.2 Å². The van der Waals surface area contributed by atoms with Crippen LogP contribution in [0.15, 0.2) is 11.5 Å². The van der Waals surface area contributed by atoms with E-state index in [1.54, 1.807) is 0 Å². The van der Waals surface area contributed by atoms with Crippen LogP contribution < -0.4 is 0 Å². The molecule has 4 bridgehead atoms. The highest BCUT2D eigenvalue weighted by Crippen LogP contribution is 2.76. The summed E-state index contributed by atoms with van der Waals surface area (Å²) in [6, 6.07) is 0. The second kappa shape index (κ2) is 3.75. The van der Waals surface area contributed by atoms with Crippen LogP contribution in [0.25, 0.3) is 0 Å². The van der Waals surface area contributed by atoms with E-state index in [-0.39, 0.29) is 12.0 Å². The smallest absolute Gasteiger partial charge is 0.275 e. The molecule has 0 aromatic rings. The van der Waals surface area contributed by atoms with Gasteiger partial charge in [-0.15, -0.1) is 0 Å². The Morgan fingerprint density at radius 1 is 1.15 bits per heavy atom. The van der Waals surface area contributed by atoms with Crippen molar-refractivity contribution in [2.45, 2.75) is 65.9 Å². The molecule has 4 aliphatic carbocycles. The third-order valence-corrected chi connectivity index (χ3v) is 7.39. The van der Waals surface area contributed by atoms with Crippen LogP contribution in [-0.2, 0) is 4.74 Å². The van der Waals surface area contributed by atoms with Gasteiger partial charge in [0, 0.05) is 11.0 Å². The fraction of sp³-hybridized carbons (Fsp3) is 0.889. The SMILES string of the molecule is CC(C)=C(O)OC1CC2CC1(C)C1C2C2CCC1(C)C2. The van der Waals surface area contributed by atoms with Crippen molar-refractivity contribution in [3.05, 3.63) is 11.5 Å². The maximum absolute atomic E-state index is 10.0. The Hall–Kier alpha value is -0.660. The zero-order chi connectivity index (χ0) is 14.3. The number of ether oxygens (including phenoxy) is 1. The van der Waals surface area contributed by atoms with Crippen molar-refractivity contribution in [3.63, 3.8) is 0 Å². The quantitative estimate of drug-likeness (QED) is 0.587. The molecule has 0 aliphatic heterocycles. The summed E-state index contributed by atoms with van der Waals surface area (Å²) in [5.41, 5.74) is 1.75. The highest BCUT2D eigenvalue weighted by atomic mass is 16.6. The summed E-state index contributed by atoms with van der Waals surface area (Å²) in [4.78, 5) is 0. The monoisotopic (exact) mass is 276 g/mol. The molecule has 0 aromatic carbocycles. The summed E-state index contributed by atoms with van der Waals surface area (Å²) in [7, 11) is 0. The van der Waals surface area contributed by atoms with Crippen molar-refractivity contribution in [1.29, 1.82) is 0 Å². The fourth-order valence-electron chi connectivity index (χ4n) is 6.94. The van der Waals surface area contributed by atoms with E-state index in [0.29, 0.717) is 10.8 Å². The molecule has 4 aliphatic rings. The van der Waals surface area contributed by atoms with Crippen LogP contribution in [0.3, 0.4) is 0 Å². The Morgan fingerprint density at radius 2 is 1.90 bits per heavy atom. The molecule has 112 valence electrons. The standard InChI is InChI=1S/C18H28O2/c1-10(2)16(19)20-13-7-12-9-18(13,4)15-14(12)11-5-6-17(15,3)8-11/h11-15,19H,5-9H2,1-4H3. The highest BCUT2D eigenvalue weighted by molar-refractivity contribution is 5.20. The third kappa shape index (κ3) is 1.41. The second-order valence-corrected chi connectivity index (χ2v) is 8.83. The maximum Gasteiger partial charge on any atom is 0.275 e. The average molecular weight is 276 g/mol. The van der Waals surface area contributed by atoms with Gasteiger partial charge in [0.1, 0.15) is 6.10 Å². The molecule has 4 fully saturated rings. The lowest BCUT2D eigenvalue weighted by atomic mass is 9.59. The largest absolute Gasteiger partial charge is 0.481 e. The number of fused-ring (bicyclic) bond motifs is 9. The molecule has 7 unspecified atom stereocenters. The summed E-state index contributed by atoms with van der Waals surface area (Å²) in [6.45, 7) is 8.83. The third-order valence-electron chi connectivity index (χ3n) is 7.39. The van der Waals surface area contributed by atoms with Crippen LogP contribution in [0, 0.1) is 34.5 Å². The van der Waals surface area contributed by atoms with E-state index < -0.39 is 0 Å². The van der Waals surface area contributed by atoms with Gasteiger partial charge < -0.3 is 9.84 Å². The van der Waals surface area contributed by atoms with Gasteiger partial charge in [0.25, 0.3) is 5.95 Å². The van der Waals surface area contributed by atoms with Crippen LogP contribution in [0.1, 0.15) is 59.8 Å². The summed E-state index contributed by atoms with van der Waals surface area (Å²) in [6.07, 6.45) is 7.07. The molecule has 1 N–H and O–H groups in total. The number of allylic oxidation sites excluding steroid dienone is 1. The Bertz CT molecular complexity index is 478. The zero-order valence-electron chi connectivity index (χ0n) is 13.3. The van der Waals surface area contributed by atoms with E-state index in [9.17, 15) is 5.11 Å². The molecule has 20 heavy (non-hydrogen) atoms. The van der Waals surface area contributed by atoms with E-state index >= 15 is 0 Å². The first-order chi connectivity index (χ1) is 9.35. The van der Waals surface area contributed by atoms with Crippen molar-refractivity contribution in [3.8, 4) is 0 Å². The molecule has 2 nitrogen and oxygen atoms in total. The molecular weight excluding hydrogens is 248 g/mol. The molecule has 0 spiro atoms. The van der Waals surface area contributed by atoms with Gasteiger partial charge in [-0.1, -0.05) is 13.8 Å². The molecule has 0 amide bonds. The second-order valence-electron chi connectivity index (χ2n) is 8.83. The lowest BCUT2D eigenvalue weighted by molar-refractivity contribution is -0.0939. The van der Waals surface area contributed by atoms with E-state index in [2.05, 4.69) is 13.8 Å². The lowest BCUT2D eigenvalue weighted by Crippen LogP contribution is -2.46. The summed E-state index contributed by atoms with van der Waals surface area (Å²) in [5, 5.41) is 10.0. The molecule has 0 heterocycles. The van der Waals surface area contributed by atoms with E-state index in [1.807, 2.05) is 13.8 Å². The maximum atomic E-state index is 10.0. The number of aliphatic hydroxyl groups excluding tert-OH is 1.